The summed E-state index contributed by atoms with van der Waals surface area (Å²) in [6, 6.07) is 24.5. The molecule has 0 atom stereocenters. The third-order valence-electron chi connectivity index (χ3n) is 6.37. The smallest absolute Gasteiger partial charge is 0.242 e. The quantitative estimate of drug-likeness (QED) is 0.409. The summed E-state index contributed by atoms with van der Waals surface area (Å²) in [6.45, 7) is 9.22. The molecule has 1 aliphatic rings. The first-order chi connectivity index (χ1) is 14.5. The number of benzene rings is 3. The summed E-state index contributed by atoms with van der Waals surface area (Å²) < 4.78 is 0. The van der Waals surface area contributed by atoms with Crippen LogP contribution in [0, 0.1) is 27.7 Å². The van der Waals surface area contributed by atoms with Gasteiger partial charge >= 0.3 is 0 Å². The van der Waals surface area contributed by atoms with Gasteiger partial charge in [-0.05, 0) is 62.9 Å². The highest BCUT2D eigenvalue weighted by atomic mass is 14.7. The topological polar surface area (TPSA) is 12.9 Å². The van der Waals surface area contributed by atoms with Crippen molar-refractivity contribution in [2.45, 2.75) is 34.1 Å². The Bertz CT molecular complexity index is 1200. The summed E-state index contributed by atoms with van der Waals surface area (Å²) in [5, 5.41) is 0. The van der Waals surface area contributed by atoms with Gasteiger partial charge in [-0.2, -0.15) is 0 Å². The van der Waals surface area contributed by atoms with Crippen LogP contribution in [0.4, 0.5) is 0 Å². The van der Waals surface area contributed by atoms with E-state index >= 15 is 0 Å². The molecule has 0 N–H and O–H groups in total. The lowest BCUT2D eigenvalue weighted by Crippen LogP contribution is -2.58. The fraction of sp³-hybridized carbons (Fsp3) is 0.179. The van der Waals surface area contributed by atoms with Gasteiger partial charge in [0.1, 0.15) is 0 Å². The van der Waals surface area contributed by atoms with Gasteiger partial charge in [-0.25, -0.2) is 0 Å². The van der Waals surface area contributed by atoms with E-state index in [0.717, 1.165) is 12.1 Å². The normalized spacial score (nSPS) is 12.5. The summed E-state index contributed by atoms with van der Waals surface area (Å²) in [5.41, 5.74) is 14.9. The van der Waals surface area contributed by atoms with Crippen LogP contribution in [-0.4, -0.2) is 11.7 Å². The maximum Gasteiger partial charge on any atom is 0.242 e. The fourth-order valence-electron chi connectivity index (χ4n) is 5.35. The molecular weight excluding hydrogens is 361 g/mol. The van der Waals surface area contributed by atoms with Crippen molar-refractivity contribution in [3.05, 3.63) is 106 Å². The summed E-state index contributed by atoms with van der Waals surface area (Å²) in [7, 11) is 0. The Labute approximate surface area is 179 Å². The second-order valence-electron chi connectivity index (χ2n) is 8.76. The van der Waals surface area contributed by atoms with E-state index in [1.807, 2.05) is 12.3 Å². The predicted molar refractivity (Wildman–Crippen MR) is 129 cm³/mol. The number of pyridine rings is 1. The van der Waals surface area contributed by atoms with E-state index in [1.54, 1.807) is 0 Å². The molecule has 4 aromatic rings. The highest BCUT2D eigenvalue weighted by molar-refractivity contribution is 6.97. The average molecular weight is 387 g/mol. The Hall–Kier alpha value is -3.13. The molecule has 0 aliphatic carbocycles. The van der Waals surface area contributed by atoms with Gasteiger partial charge in [0.2, 0.25) is 6.71 Å². The van der Waals surface area contributed by atoms with Gasteiger partial charge in [-0.3, -0.25) is 4.98 Å². The molecule has 2 heteroatoms. The molecule has 2 heterocycles. The molecule has 3 aromatic carbocycles. The number of fused-ring (bicyclic) bond motifs is 2. The van der Waals surface area contributed by atoms with Crippen molar-refractivity contribution >= 4 is 23.1 Å². The highest BCUT2D eigenvalue weighted by Gasteiger charge is 2.33. The fourth-order valence-corrected chi connectivity index (χ4v) is 5.35. The summed E-state index contributed by atoms with van der Waals surface area (Å²) in [4.78, 5) is 4.58. The maximum absolute atomic E-state index is 4.58. The van der Waals surface area contributed by atoms with Crippen molar-refractivity contribution in [1.29, 1.82) is 0 Å². The lowest BCUT2D eigenvalue weighted by atomic mass is 9.32. The number of aromatic nitrogens is 1. The van der Waals surface area contributed by atoms with Crippen LogP contribution < -0.4 is 16.4 Å². The van der Waals surface area contributed by atoms with Crippen molar-refractivity contribution in [1.82, 2.24) is 4.98 Å². The lowest BCUT2D eigenvalue weighted by molar-refractivity contribution is 1.16. The molecule has 146 valence electrons. The Morgan fingerprint density at radius 3 is 1.97 bits per heavy atom. The van der Waals surface area contributed by atoms with Crippen LogP contribution in [0.25, 0.3) is 11.3 Å². The minimum absolute atomic E-state index is 0.258. The van der Waals surface area contributed by atoms with Crippen LogP contribution in [-0.2, 0) is 6.42 Å². The zero-order chi connectivity index (χ0) is 20.8. The Morgan fingerprint density at radius 1 is 0.700 bits per heavy atom. The largest absolute Gasteiger partial charge is 0.256 e. The van der Waals surface area contributed by atoms with Crippen molar-refractivity contribution in [3.8, 4) is 11.3 Å². The van der Waals surface area contributed by atoms with Gasteiger partial charge in [0.15, 0.2) is 0 Å². The van der Waals surface area contributed by atoms with Crippen molar-refractivity contribution in [3.63, 3.8) is 0 Å². The van der Waals surface area contributed by atoms with E-state index in [2.05, 4.69) is 93.3 Å². The highest BCUT2D eigenvalue weighted by Crippen LogP contribution is 2.22. The van der Waals surface area contributed by atoms with Gasteiger partial charge in [0.25, 0.3) is 0 Å². The van der Waals surface area contributed by atoms with Crippen LogP contribution in [0.2, 0.25) is 0 Å². The second-order valence-corrected chi connectivity index (χ2v) is 8.76. The van der Waals surface area contributed by atoms with Crippen molar-refractivity contribution in [2.24, 2.45) is 0 Å². The number of hydrogen-bond donors (Lipinski definition) is 0. The Kier molecular flexibility index (Phi) is 4.58. The molecule has 0 bridgehead atoms. The SMILES string of the molecule is Cc1cc(C)c2c(c1)Cc1cc(C)cc(C)c1B2c1cccc(-c2ccccn2)c1. The third kappa shape index (κ3) is 3.17. The zero-order valence-electron chi connectivity index (χ0n) is 18.2. The molecule has 0 unspecified atom stereocenters. The summed E-state index contributed by atoms with van der Waals surface area (Å²) in [6.07, 6.45) is 2.89. The van der Waals surface area contributed by atoms with Gasteiger partial charge in [0.05, 0.1) is 5.69 Å². The van der Waals surface area contributed by atoms with E-state index in [-0.39, 0.29) is 6.71 Å². The molecule has 0 amide bonds. The molecule has 1 aromatic heterocycles. The predicted octanol–water partition coefficient (Wildman–Crippen LogP) is 4.40. The molecule has 0 saturated heterocycles. The van der Waals surface area contributed by atoms with E-state index in [9.17, 15) is 0 Å². The first-order valence-electron chi connectivity index (χ1n) is 10.7. The monoisotopic (exact) mass is 387 g/mol. The minimum atomic E-state index is 0.258. The molecule has 0 spiro atoms. The number of aryl methyl sites for hydroxylation is 4. The number of rotatable bonds is 2. The maximum atomic E-state index is 4.58. The molecule has 0 radical (unpaired) electrons. The van der Waals surface area contributed by atoms with Crippen LogP contribution in [0.1, 0.15) is 33.4 Å². The molecular formula is C28H26BN. The van der Waals surface area contributed by atoms with E-state index in [0.29, 0.717) is 0 Å². The van der Waals surface area contributed by atoms with Crippen LogP contribution in [0.5, 0.6) is 0 Å². The minimum Gasteiger partial charge on any atom is -0.256 e. The molecule has 1 aliphatic heterocycles. The molecule has 0 saturated carbocycles. The van der Waals surface area contributed by atoms with Crippen LogP contribution >= 0.6 is 0 Å². The lowest BCUT2D eigenvalue weighted by Gasteiger charge is -2.31. The van der Waals surface area contributed by atoms with Gasteiger partial charge in [-0.1, -0.05) is 93.2 Å². The number of hydrogen-bond acceptors (Lipinski definition) is 1. The van der Waals surface area contributed by atoms with Gasteiger partial charge in [0, 0.05) is 6.20 Å². The Balaban J connectivity index is 1.77. The first kappa shape index (κ1) is 18.9. The van der Waals surface area contributed by atoms with E-state index < -0.39 is 0 Å². The van der Waals surface area contributed by atoms with Crippen molar-refractivity contribution < 1.29 is 0 Å². The Morgan fingerprint density at radius 2 is 1.37 bits per heavy atom. The van der Waals surface area contributed by atoms with E-state index in [4.69, 9.17) is 0 Å². The zero-order valence-corrected chi connectivity index (χ0v) is 18.2. The van der Waals surface area contributed by atoms with Crippen molar-refractivity contribution in [2.75, 3.05) is 0 Å². The van der Waals surface area contributed by atoms with E-state index in [1.165, 1.54) is 55.3 Å². The molecule has 5 rings (SSSR count). The summed E-state index contributed by atoms with van der Waals surface area (Å²) in [5.74, 6) is 0. The van der Waals surface area contributed by atoms with Gasteiger partial charge in [-0.15, -0.1) is 0 Å². The molecule has 1 nitrogen and oxygen atoms in total. The summed E-state index contributed by atoms with van der Waals surface area (Å²) >= 11 is 0. The van der Waals surface area contributed by atoms with Gasteiger partial charge < -0.3 is 0 Å². The third-order valence-corrected chi connectivity index (χ3v) is 6.37. The van der Waals surface area contributed by atoms with Crippen LogP contribution in [0.15, 0.2) is 72.9 Å². The first-order valence-corrected chi connectivity index (χ1v) is 10.7. The second kappa shape index (κ2) is 7.29. The molecule has 0 fully saturated rings. The molecule has 30 heavy (non-hydrogen) atoms. The average Bonchev–Trinajstić information content (AvgIpc) is 2.72. The van der Waals surface area contributed by atoms with Crippen LogP contribution in [0.3, 0.4) is 0 Å². The number of nitrogens with zero attached hydrogens (tertiary/aromatic N) is 1. The standard InChI is InChI=1S/C28H26BN/c1-18-12-20(3)27-23(14-18)16-24-15-19(2)13-21(4)28(24)29(27)25-9-7-8-22(17-25)26-10-5-6-11-30-26/h5-15,17H,16H2,1-4H3.